The van der Waals surface area contributed by atoms with Crippen molar-refractivity contribution >= 4 is 11.6 Å². The number of hydrogen-bond donors (Lipinski definition) is 1. The monoisotopic (exact) mass is 264 g/mol. The van der Waals surface area contributed by atoms with Gasteiger partial charge in [0.15, 0.2) is 0 Å². The summed E-state index contributed by atoms with van der Waals surface area (Å²) in [7, 11) is 0. The van der Waals surface area contributed by atoms with Gasteiger partial charge in [-0.3, -0.25) is 4.98 Å². The van der Waals surface area contributed by atoms with Gasteiger partial charge in [0.05, 0.1) is 6.20 Å². The zero-order chi connectivity index (χ0) is 13.0. The van der Waals surface area contributed by atoms with Gasteiger partial charge in [0, 0.05) is 23.3 Å². The number of benzene rings is 1. The van der Waals surface area contributed by atoms with Crippen LogP contribution >= 0.6 is 11.6 Å². The Hall–Kier alpha value is -1.45. The Kier molecular flexibility index (Phi) is 4.28. The first-order valence-electron chi connectivity index (χ1n) is 5.81. The number of nitrogens with one attached hydrogen (secondary N) is 1. The minimum Gasteiger partial charge on any atom is -0.313 e. The smallest absolute Gasteiger partial charge is 0.149 e. The largest absolute Gasteiger partial charge is 0.313 e. The van der Waals surface area contributed by atoms with Crippen molar-refractivity contribution in [3.05, 3.63) is 53.1 Å². The van der Waals surface area contributed by atoms with Gasteiger partial charge in [-0.1, -0.05) is 24.6 Å². The third-order valence-electron chi connectivity index (χ3n) is 2.69. The minimum absolute atomic E-state index is 0.325. The average molecular weight is 265 g/mol. The number of hydrogen-bond acceptors (Lipinski definition) is 2. The van der Waals surface area contributed by atoms with Crippen molar-refractivity contribution in [2.75, 3.05) is 6.54 Å². The molecule has 0 aliphatic heterocycles. The van der Waals surface area contributed by atoms with Crippen molar-refractivity contribution in [3.63, 3.8) is 0 Å². The van der Waals surface area contributed by atoms with Crippen LogP contribution in [0.5, 0.6) is 0 Å². The predicted octanol–water partition coefficient (Wildman–Crippen LogP) is 3.65. The standard InChI is InChI=1S/C14H14ClFN2/c1-2-17-8-11-7-10(3-4-13(11)15)12-5-6-18-9-14(12)16/h3-7,9,17H,2,8H2,1H3. The molecule has 0 spiro atoms. The van der Waals surface area contributed by atoms with Crippen LogP contribution < -0.4 is 5.32 Å². The van der Waals surface area contributed by atoms with Gasteiger partial charge in [-0.25, -0.2) is 4.39 Å². The SMILES string of the molecule is CCNCc1cc(-c2ccncc2F)ccc1Cl. The van der Waals surface area contributed by atoms with Gasteiger partial charge in [0.2, 0.25) is 0 Å². The van der Waals surface area contributed by atoms with Crippen LogP contribution in [0.3, 0.4) is 0 Å². The topological polar surface area (TPSA) is 24.9 Å². The molecule has 1 N–H and O–H groups in total. The van der Waals surface area contributed by atoms with Crippen LogP contribution in [0, 0.1) is 5.82 Å². The molecule has 0 radical (unpaired) electrons. The Balaban J connectivity index is 2.38. The maximum Gasteiger partial charge on any atom is 0.149 e. The second kappa shape index (κ2) is 5.94. The van der Waals surface area contributed by atoms with E-state index in [1.165, 1.54) is 6.20 Å². The first-order valence-corrected chi connectivity index (χ1v) is 6.19. The Morgan fingerprint density at radius 3 is 2.89 bits per heavy atom. The maximum absolute atomic E-state index is 13.6. The molecule has 0 bridgehead atoms. The van der Waals surface area contributed by atoms with Crippen molar-refractivity contribution in [3.8, 4) is 11.1 Å². The molecule has 2 nitrogen and oxygen atoms in total. The molecule has 0 saturated carbocycles. The fourth-order valence-corrected chi connectivity index (χ4v) is 1.93. The van der Waals surface area contributed by atoms with Crippen molar-refractivity contribution in [2.24, 2.45) is 0 Å². The third-order valence-corrected chi connectivity index (χ3v) is 3.06. The van der Waals surface area contributed by atoms with Gasteiger partial charge in [-0.15, -0.1) is 0 Å². The fourth-order valence-electron chi connectivity index (χ4n) is 1.75. The molecule has 0 atom stereocenters. The Bertz CT molecular complexity index is 543. The molecule has 1 heterocycles. The van der Waals surface area contributed by atoms with E-state index < -0.39 is 0 Å². The number of nitrogens with zero attached hydrogens (tertiary/aromatic N) is 1. The van der Waals surface area contributed by atoms with E-state index in [0.717, 1.165) is 17.7 Å². The van der Waals surface area contributed by atoms with E-state index in [1.54, 1.807) is 18.3 Å². The third kappa shape index (κ3) is 2.86. The summed E-state index contributed by atoms with van der Waals surface area (Å²) < 4.78 is 13.6. The molecule has 0 unspecified atom stereocenters. The zero-order valence-corrected chi connectivity index (χ0v) is 10.8. The molecule has 0 fully saturated rings. The highest BCUT2D eigenvalue weighted by Crippen LogP contribution is 2.26. The molecule has 94 valence electrons. The lowest BCUT2D eigenvalue weighted by molar-refractivity contribution is 0.625. The van der Waals surface area contributed by atoms with Crippen LogP contribution in [-0.4, -0.2) is 11.5 Å². The molecule has 1 aromatic carbocycles. The van der Waals surface area contributed by atoms with Crippen LogP contribution in [0.2, 0.25) is 5.02 Å². The highest BCUT2D eigenvalue weighted by molar-refractivity contribution is 6.31. The van der Waals surface area contributed by atoms with Crippen LogP contribution in [0.15, 0.2) is 36.7 Å². The normalized spacial score (nSPS) is 10.6. The van der Waals surface area contributed by atoms with Crippen molar-refractivity contribution in [1.29, 1.82) is 0 Å². The summed E-state index contributed by atoms with van der Waals surface area (Å²) in [5, 5.41) is 3.90. The van der Waals surface area contributed by atoms with E-state index in [2.05, 4.69) is 10.3 Å². The van der Waals surface area contributed by atoms with Gasteiger partial charge >= 0.3 is 0 Å². The molecule has 0 aliphatic carbocycles. The molecule has 4 heteroatoms. The van der Waals surface area contributed by atoms with E-state index in [9.17, 15) is 4.39 Å². The van der Waals surface area contributed by atoms with Gasteiger partial charge in [0.25, 0.3) is 0 Å². The van der Waals surface area contributed by atoms with Crippen molar-refractivity contribution in [2.45, 2.75) is 13.5 Å². The summed E-state index contributed by atoms with van der Waals surface area (Å²) in [6.07, 6.45) is 2.80. The predicted molar refractivity (Wildman–Crippen MR) is 72.0 cm³/mol. The highest BCUT2D eigenvalue weighted by Gasteiger charge is 2.07. The Morgan fingerprint density at radius 1 is 1.33 bits per heavy atom. The number of rotatable bonds is 4. The van der Waals surface area contributed by atoms with Gasteiger partial charge in [-0.05, 0) is 35.9 Å². The van der Waals surface area contributed by atoms with Gasteiger partial charge in [0.1, 0.15) is 5.82 Å². The van der Waals surface area contributed by atoms with Crippen LogP contribution in [-0.2, 0) is 6.54 Å². The second-order valence-electron chi connectivity index (χ2n) is 3.94. The molecule has 18 heavy (non-hydrogen) atoms. The molecule has 0 saturated heterocycles. The number of halogens is 2. The number of pyridine rings is 1. The first-order chi connectivity index (χ1) is 8.72. The molecule has 2 rings (SSSR count). The molecular weight excluding hydrogens is 251 g/mol. The summed E-state index contributed by atoms with van der Waals surface area (Å²) in [5.41, 5.74) is 2.32. The highest BCUT2D eigenvalue weighted by atomic mass is 35.5. The molecule has 1 aromatic heterocycles. The van der Waals surface area contributed by atoms with Crippen LogP contribution in [0.25, 0.3) is 11.1 Å². The summed E-state index contributed by atoms with van der Waals surface area (Å²) in [5.74, 6) is -0.325. The lowest BCUT2D eigenvalue weighted by Crippen LogP contribution is -2.12. The second-order valence-corrected chi connectivity index (χ2v) is 4.35. The Labute approximate surface area is 111 Å². The fraction of sp³-hybridized carbons (Fsp3) is 0.214. The quantitative estimate of drug-likeness (QED) is 0.912. The van der Waals surface area contributed by atoms with E-state index in [4.69, 9.17) is 11.6 Å². The van der Waals surface area contributed by atoms with E-state index in [1.807, 2.05) is 19.1 Å². The minimum atomic E-state index is -0.325. The van der Waals surface area contributed by atoms with E-state index >= 15 is 0 Å². The molecular formula is C14H14ClFN2. The lowest BCUT2D eigenvalue weighted by atomic mass is 10.0. The van der Waals surface area contributed by atoms with E-state index in [-0.39, 0.29) is 5.82 Å². The van der Waals surface area contributed by atoms with E-state index in [0.29, 0.717) is 17.1 Å². The zero-order valence-electron chi connectivity index (χ0n) is 10.1. The van der Waals surface area contributed by atoms with Crippen LogP contribution in [0.4, 0.5) is 4.39 Å². The van der Waals surface area contributed by atoms with Crippen LogP contribution in [0.1, 0.15) is 12.5 Å². The number of aromatic nitrogens is 1. The molecule has 0 aliphatic rings. The van der Waals surface area contributed by atoms with Crippen molar-refractivity contribution < 1.29 is 4.39 Å². The lowest BCUT2D eigenvalue weighted by Gasteiger charge is -2.09. The first kappa shape index (κ1) is 13.0. The summed E-state index contributed by atoms with van der Waals surface area (Å²) in [4.78, 5) is 3.75. The molecule has 0 amide bonds. The maximum atomic E-state index is 13.6. The van der Waals surface area contributed by atoms with Gasteiger partial charge in [-0.2, -0.15) is 0 Å². The van der Waals surface area contributed by atoms with Gasteiger partial charge < -0.3 is 5.32 Å². The molecule has 2 aromatic rings. The Morgan fingerprint density at radius 2 is 2.17 bits per heavy atom. The van der Waals surface area contributed by atoms with Crippen molar-refractivity contribution in [1.82, 2.24) is 10.3 Å². The summed E-state index contributed by atoms with van der Waals surface area (Å²) in [6.45, 7) is 3.57. The summed E-state index contributed by atoms with van der Waals surface area (Å²) in [6, 6.07) is 7.18. The summed E-state index contributed by atoms with van der Waals surface area (Å²) >= 11 is 6.11. The average Bonchev–Trinajstić information content (AvgIpc) is 2.39.